The predicted octanol–water partition coefficient (Wildman–Crippen LogP) is 2.84. The number of aromatic nitrogens is 3. The highest BCUT2D eigenvalue weighted by molar-refractivity contribution is 7.91. The number of nitrogens with zero attached hydrogens (tertiary/aromatic N) is 3. The van der Waals surface area contributed by atoms with Crippen molar-refractivity contribution in [2.45, 2.75) is 16.3 Å². The van der Waals surface area contributed by atoms with Gasteiger partial charge in [-0.15, -0.1) is 0 Å². The van der Waals surface area contributed by atoms with Gasteiger partial charge in [-0.25, -0.2) is 31.7 Å². The summed E-state index contributed by atoms with van der Waals surface area (Å²) >= 11 is 5.69. The van der Waals surface area contributed by atoms with Crippen molar-refractivity contribution in [3.8, 4) is 5.69 Å². The Kier molecular flexibility index (Phi) is 5.80. The van der Waals surface area contributed by atoms with E-state index in [0.717, 1.165) is 35.1 Å². The Balaban J connectivity index is 2.13. The molecule has 0 saturated carbocycles. The van der Waals surface area contributed by atoms with E-state index in [1.54, 1.807) is 0 Å². The number of nitrogens with one attached hydrogen (secondary N) is 1. The van der Waals surface area contributed by atoms with Crippen LogP contribution in [0.5, 0.6) is 0 Å². The zero-order chi connectivity index (χ0) is 21.2. The van der Waals surface area contributed by atoms with Crippen LogP contribution >= 0.6 is 11.6 Å². The Bertz CT molecular complexity index is 1170. The fourth-order valence-electron chi connectivity index (χ4n) is 2.48. The summed E-state index contributed by atoms with van der Waals surface area (Å²) in [5.74, 6) is -1.68. The lowest BCUT2D eigenvalue weighted by Gasteiger charge is -2.09. The molecule has 1 amide bonds. The summed E-state index contributed by atoms with van der Waals surface area (Å²) in [6.07, 6.45) is -0.207. The van der Waals surface area contributed by atoms with E-state index in [2.05, 4.69) is 15.4 Å². The molecule has 0 bridgehead atoms. The molecule has 0 aliphatic heterocycles. The molecule has 3 aromatic rings. The molecule has 8 nitrogen and oxygen atoms in total. The van der Waals surface area contributed by atoms with E-state index in [0.29, 0.717) is 0 Å². The van der Waals surface area contributed by atoms with Crippen LogP contribution in [0.25, 0.3) is 5.69 Å². The van der Waals surface area contributed by atoms with Crippen molar-refractivity contribution in [3.63, 3.8) is 0 Å². The molecule has 0 saturated heterocycles. The standard InChI is InChI=1S/C17H13ClF2N4O4S/c18-15-4-2-12(9-22-15)29(27,28)16-8-11(5-6-21-17(25)26)23-24(16)14-7-10(19)1-3-13(14)20/h1-4,7-9,21H,5-6H2,(H,25,26). The van der Waals surface area contributed by atoms with Crippen LogP contribution in [-0.4, -0.2) is 40.9 Å². The van der Waals surface area contributed by atoms with E-state index in [1.807, 2.05) is 0 Å². The van der Waals surface area contributed by atoms with Crippen molar-refractivity contribution >= 4 is 27.5 Å². The summed E-state index contributed by atoms with van der Waals surface area (Å²) in [7, 11) is -4.23. The minimum absolute atomic E-state index is 0.0254. The van der Waals surface area contributed by atoms with Crippen LogP contribution in [0.1, 0.15) is 5.69 Å². The maximum atomic E-state index is 14.3. The molecule has 12 heteroatoms. The zero-order valence-electron chi connectivity index (χ0n) is 14.5. The van der Waals surface area contributed by atoms with E-state index in [9.17, 15) is 22.0 Å². The molecule has 2 N–H and O–H groups in total. The topological polar surface area (TPSA) is 114 Å². The Labute approximate surface area is 168 Å². The first-order chi connectivity index (χ1) is 13.7. The van der Waals surface area contributed by atoms with Gasteiger partial charge < -0.3 is 10.4 Å². The van der Waals surface area contributed by atoms with E-state index in [-0.39, 0.29) is 28.7 Å². The monoisotopic (exact) mass is 442 g/mol. The van der Waals surface area contributed by atoms with Crippen LogP contribution in [0.4, 0.5) is 13.6 Å². The van der Waals surface area contributed by atoms with Gasteiger partial charge in [0, 0.05) is 25.2 Å². The molecule has 0 aliphatic carbocycles. The quantitative estimate of drug-likeness (QED) is 0.567. The van der Waals surface area contributed by atoms with Crippen LogP contribution in [-0.2, 0) is 16.3 Å². The van der Waals surface area contributed by atoms with Crippen molar-refractivity contribution < 1.29 is 27.1 Å². The Morgan fingerprint density at radius 3 is 2.62 bits per heavy atom. The summed E-state index contributed by atoms with van der Waals surface area (Å²) in [5.41, 5.74) is -0.258. The number of pyridine rings is 1. The molecule has 0 atom stereocenters. The summed E-state index contributed by atoms with van der Waals surface area (Å²) in [4.78, 5) is 14.1. The van der Waals surface area contributed by atoms with Crippen molar-refractivity contribution in [2.24, 2.45) is 0 Å². The molecule has 2 heterocycles. The average Bonchev–Trinajstić information content (AvgIpc) is 3.08. The first-order valence-corrected chi connectivity index (χ1v) is 9.92. The third-order valence-corrected chi connectivity index (χ3v) is 5.73. The third kappa shape index (κ3) is 4.51. The number of carbonyl (C=O) groups is 1. The Morgan fingerprint density at radius 2 is 1.97 bits per heavy atom. The van der Waals surface area contributed by atoms with Gasteiger partial charge in [-0.1, -0.05) is 11.6 Å². The maximum absolute atomic E-state index is 14.3. The van der Waals surface area contributed by atoms with Gasteiger partial charge in [0.25, 0.3) is 0 Å². The lowest BCUT2D eigenvalue weighted by molar-refractivity contribution is 0.194. The molecular formula is C17H13ClF2N4O4S. The molecular weight excluding hydrogens is 430 g/mol. The van der Waals surface area contributed by atoms with Crippen molar-refractivity contribution in [1.29, 1.82) is 0 Å². The largest absolute Gasteiger partial charge is 0.465 e. The molecule has 152 valence electrons. The number of halogens is 3. The van der Waals surface area contributed by atoms with Crippen molar-refractivity contribution in [1.82, 2.24) is 20.1 Å². The smallest absolute Gasteiger partial charge is 0.404 e. The molecule has 0 fully saturated rings. The van der Waals surface area contributed by atoms with Crippen LogP contribution in [0.2, 0.25) is 5.15 Å². The van der Waals surface area contributed by atoms with Gasteiger partial charge in [0.05, 0.1) is 10.6 Å². The number of benzene rings is 1. The summed E-state index contributed by atoms with van der Waals surface area (Å²) < 4.78 is 54.9. The van der Waals surface area contributed by atoms with Gasteiger partial charge in [0.15, 0.2) is 5.03 Å². The fourth-order valence-corrected chi connectivity index (χ4v) is 3.93. The first-order valence-electron chi connectivity index (χ1n) is 8.06. The summed E-state index contributed by atoms with van der Waals surface area (Å²) in [6.45, 7) is -0.0556. The average molecular weight is 443 g/mol. The fraction of sp³-hybridized carbons (Fsp3) is 0.118. The molecule has 0 radical (unpaired) electrons. The maximum Gasteiger partial charge on any atom is 0.404 e. The van der Waals surface area contributed by atoms with E-state index in [4.69, 9.17) is 16.7 Å². The van der Waals surface area contributed by atoms with Gasteiger partial charge >= 0.3 is 6.09 Å². The van der Waals surface area contributed by atoms with Gasteiger partial charge in [0.2, 0.25) is 9.84 Å². The predicted molar refractivity (Wildman–Crippen MR) is 97.9 cm³/mol. The Morgan fingerprint density at radius 1 is 1.21 bits per heavy atom. The lowest BCUT2D eigenvalue weighted by atomic mass is 10.3. The van der Waals surface area contributed by atoms with Crippen LogP contribution in [0.15, 0.2) is 52.5 Å². The number of carboxylic acid groups (broad SMARTS) is 1. The molecule has 1 aromatic carbocycles. The molecule has 2 aromatic heterocycles. The number of rotatable bonds is 6. The van der Waals surface area contributed by atoms with Crippen molar-refractivity contribution in [3.05, 3.63) is 65.1 Å². The molecule has 3 rings (SSSR count). The second-order valence-electron chi connectivity index (χ2n) is 5.78. The number of hydrogen-bond donors (Lipinski definition) is 2. The molecule has 0 unspecified atom stereocenters. The van der Waals surface area contributed by atoms with Gasteiger partial charge in [0.1, 0.15) is 22.5 Å². The second kappa shape index (κ2) is 8.13. The number of hydrogen-bond acceptors (Lipinski definition) is 5. The minimum atomic E-state index is -4.23. The zero-order valence-corrected chi connectivity index (χ0v) is 16.1. The molecule has 0 aliphatic rings. The molecule has 29 heavy (non-hydrogen) atoms. The van der Waals surface area contributed by atoms with Crippen LogP contribution in [0, 0.1) is 11.6 Å². The van der Waals surface area contributed by atoms with Crippen molar-refractivity contribution in [2.75, 3.05) is 6.54 Å². The van der Waals surface area contributed by atoms with Gasteiger partial charge in [-0.2, -0.15) is 5.10 Å². The van der Waals surface area contributed by atoms with Crippen LogP contribution < -0.4 is 5.32 Å². The molecule has 0 spiro atoms. The van der Waals surface area contributed by atoms with Gasteiger partial charge in [-0.3, -0.25) is 0 Å². The summed E-state index contributed by atoms with van der Waals surface area (Å²) in [6, 6.07) is 6.19. The van der Waals surface area contributed by atoms with E-state index in [1.165, 1.54) is 12.1 Å². The third-order valence-electron chi connectivity index (χ3n) is 3.81. The highest BCUT2D eigenvalue weighted by atomic mass is 35.5. The number of amides is 1. The van der Waals surface area contributed by atoms with E-state index >= 15 is 0 Å². The Hall–Kier alpha value is -3.05. The van der Waals surface area contributed by atoms with Gasteiger partial charge in [-0.05, 0) is 30.3 Å². The highest BCUT2D eigenvalue weighted by Crippen LogP contribution is 2.26. The second-order valence-corrected chi connectivity index (χ2v) is 8.07. The SMILES string of the molecule is O=C(O)NCCc1cc(S(=O)(=O)c2ccc(Cl)nc2)n(-c2cc(F)ccc2F)n1. The normalized spacial score (nSPS) is 11.4. The van der Waals surface area contributed by atoms with Crippen LogP contribution in [0.3, 0.4) is 0 Å². The highest BCUT2D eigenvalue weighted by Gasteiger charge is 2.26. The van der Waals surface area contributed by atoms with E-state index < -0.39 is 38.3 Å². The lowest BCUT2D eigenvalue weighted by Crippen LogP contribution is -2.23. The first kappa shape index (κ1) is 20.7. The summed E-state index contributed by atoms with van der Waals surface area (Å²) in [5, 5.41) is 14.5. The minimum Gasteiger partial charge on any atom is -0.465 e. The number of sulfone groups is 1.